The quantitative estimate of drug-likeness (QED) is 0.304. The Bertz CT molecular complexity index is 1850. The first kappa shape index (κ1) is 43.0. The van der Waals surface area contributed by atoms with Crippen LogP contribution in [0.15, 0.2) is 24.3 Å². The highest BCUT2D eigenvalue weighted by atomic mass is 16.7. The Morgan fingerprint density at radius 2 is 1.23 bits per heavy atom. The van der Waals surface area contributed by atoms with E-state index in [0.29, 0.717) is 5.56 Å². The van der Waals surface area contributed by atoms with Crippen molar-refractivity contribution in [1.29, 1.82) is 0 Å². The third-order valence-electron chi connectivity index (χ3n) is 11.6. The molecule has 4 aliphatic rings. The van der Waals surface area contributed by atoms with Crippen LogP contribution < -0.4 is 0 Å². The van der Waals surface area contributed by atoms with E-state index in [1.165, 1.54) is 19.9 Å². The fourth-order valence-corrected chi connectivity index (χ4v) is 9.41. The minimum atomic E-state index is -2.80. The highest BCUT2D eigenvalue weighted by molar-refractivity contribution is 5.91. The van der Waals surface area contributed by atoms with E-state index in [9.17, 15) is 43.5 Å². The minimum absolute atomic E-state index is 0.0689. The van der Waals surface area contributed by atoms with Crippen molar-refractivity contribution in [2.24, 2.45) is 17.3 Å². The van der Waals surface area contributed by atoms with Crippen LogP contribution in [0.25, 0.3) is 0 Å². The van der Waals surface area contributed by atoms with Gasteiger partial charge >= 0.3 is 47.8 Å². The Hall–Kier alpha value is -5.10. The topological polar surface area (TPSA) is 240 Å². The number of benzene rings is 1. The van der Waals surface area contributed by atoms with Gasteiger partial charge in [-0.1, -0.05) is 32.0 Å². The molecule has 2 heterocycles. The molecule has 18 heteroatoms. The van der Waals surface area contributed by atoms with Crippen LogP contribution in [0.4, 0.5) is 0 Å². The highest BCUT2D eigenvalue weighted by Gasteiger charge is 2.92. The Morgan fingerprint density at radius 3 is 1.77 bits per heavy atom. The van der Waals surface area contributed by atoms with Crippen molar-refractivity contribution in [3.8, 4) is 0 Å². The summed E-state index contributed by atoms with van der Waals surface area (Å²) in [5.41, 5.74) is -9.68. The summed E-state index contributed by atoms with van der Waals surface area (Å²) in [7, 11) is 0. The predicted octanol–water partition coefficient (Wildman–Crippen LogP) is 1.64. The van der Waals surface area contributed by atoms with E-state index in [0.717, 1.165) is 48.5 Å². The molecule has 1 aromatic rings. The Kier molecular flexibility index (Phi) is 11.6. The van der Waals surface area contributed by atoms with Gasteiger partial charge in [-0.2, -0.15) is 0 Å². The van der Waals surface area contributed by atoms with Gasteiger partial charge in [0.25, 0.3) is 0 Å². The van der Waals surface area contributed by atoms with Gasteiger partial charge < -0.3 is 47.7 Å². The van der Waals surface area contributed by atoms with Crippen molar-refractivity contribution in [1.82, 2.24) is 0 Å². The summed E-state index contributed by atoms with van der Waals surface area (Å²) in [6.45, 7) is 9.88. The molecule has 2 aliphatic carbocycles. The molecule has 2 saturated carbocycles. The zero-order valence-corrected chi connectivity index (χ0v) is 33.3. The lowest BCUT2D eigenvalue weighted by Gasteiger charge is -2.67. The Morgan fingerprint density at radius 1 is 0.719 bits per heavy atom. The first-order chi connectivity index (χ1) is 26.5. The molecular formula is C39H48O18. The second kappa shape index (κ2) is 15.3. The van der Waals surface area contributed by atoms with Gasteiger partial charge in [0.1, 0.15) is 42.0 Å². The number of rotatable bonds is 7. The summed E-state index contributed by atoms with van der Waals surface area (Å²) in [6, 6.07) is 6.33. The molecule has 5 unspecified atom stereocenters. The van der Waals surface area contributed by atoms with Gasteiger partial charge in [-0.25, -0.2) is 4.79 Å². The zero-order valence-electron chi connectivity index (χ0n) is 33.3. The maximum absolute atomic E-state index is 14.4. The molecule has 3 fully saturated rings. The number of aliphatic hydroxyl groups is 1. The van der Waals surface area contributed by atoms with Gasteiger partial charge in [-0.05, 0) is 31.4 Å². The van der Waals surface area contributed by atoms with E-state index in [2.05, 4.69) is 0 Å². The standard InChI is InChI=1S/C39H48O18/c1-17-18(2)34(46)56-31-29(52-21(5)42)33(55-24(8)45)38(16-49-19(3)40)32(54-23(7)44)28(51-20(4)41)27-30(53-22(6)43)39(38,37(31,10)48)57-36(27,9)15-50-35(47)26-14-12-11-13-25(17)26/h11-14,17-18,27-33,48H,15-16H2,1-10H3/t17?,18?,27?,28-,29+,30-,31?,32-,33+,36+,37+,38-,39?/m1/s1. The van der Waals surface area contributed by atoms with Crippen LogP contribution in [-0.2, 0) is 76.2 Å². The minimum Gasteiger partial charge on any atom is -0.465 e. The van der Waals surface area contributed by atoms with Crippen molar-refractivity contribution in [2.75, 3.05) is 13.2 Å². The molecule has 0 aromatic heterocycles. The van der Waals surface area contributed by atoms with E-state index in [1.807, 2.05) is 0 Å². The molecule has 1 aromatic carbocycles. The molecule has 18 nitrogen and oxygen atoms in total. The third-order valence-corrected chi connectivity index (χ3v) is 11.6. The average Bonchev–Trinajstić information content (AvgIpc) is 3.32. The van der Waals surface area contributed by atoms with Crippen molar-refractivity contribution >= 4 is 47.8 Å². The fraction of sp³-hybridized carbons (Fsp3) is 0.641. The monoisotopic (exact) mass is 804 g/mol. The molecule has 312 valence electrons. The molecule has 13 atom stereocenters. The zero-order chi connectivity index (χ0) is 42.6. The van der Waals surface area contributed by atoms with Gasteiger partial charge in [0.05, 0.1) is 17.4 Å². The van der Waals surface area contributed by atoms with E-state index < -0.39 is 138 Å². The van der Waals surface area contributed by atoms with Crippen LogP contribution >= 0.6 is 0 Å². The largest absolute Gasteiger partial charge is 0.465 e. The van der Waals surface area contributed by atoms with Crippen molar-refractivity contribution in [3.05, 3.63) is 35.4 Å². The molecule has 0 radical (unpaired) electrons. The van der Waals surface area contributed by atoms with Gasteiger partial charge in [0.2, 0.25) is 0 Å². The fourth-order valence-electron chi connectivity index (χ4n) is 9.41. The number of ether oxygens (including phenoxy) is 9. The molecule has 4 bridgehead atoms. The normalized spacial score (nSPS) is 38.2. The number of fused-ring (bicyclic) bond motifs is 5. The number of esters is 8. The maximum atomic E-state index is 14.4. The molecular weight excluding hydrogens is 756 g/mol. The van der Waals surface area contributed by atoms with Crippen molar-refractivity contribution in [2.45, 2.75) is 129 Å². The van der Waals surface area contributed by atoms with E-state index in [1.54, 1.807) is 25.1 Å². The molecule has 57 heavy (non-hydrogen) atoms. The third kappa shape index (κ3) is 7.00. The average molecular weight is 805 g/mol. The van der Waals surface area contributed by atoms with Gasteiger partial charge in [-0.3, -0.25) is 33.6 Å². The lowest BCUT2D eigenvalue weighted by molar-refractivity contribution is -0.387. The molecule has 1 saturated heterocycles. The first-order valence-corrected chi connectivity index (χ1v) is 18.3. The predicted molar refractivity (Wildman–Crippen MR) is 187 cm³/mol. The molecule has 1 N–H and O–H groups in total. The number of carbonyl (C=O) groups is 8. The lowest BCUT2D eigenvalue weighted by Crippen LogP contribution is -2.89. The molecule has 1 spiro atoms. The second-order valence-electron chi connectivity index (χ2n) is 15.5. The Balaban J connectivity index is 2.01. The maximum Gasteiger partial charge on any atom is 0.338 e. The van der Waals surface area contributed by atoms with Crippen molar-refractivity contribution < 1.29 is 86.1 Å². The van der Waals surface area contributed by atoms with Gasteiger partial charge in [-0.15, -0.1) is 0 Å². The number of carbonyl (C=O) groups excluding carboxylic acids is 8. The molecule has 0 amide bonds. The second-order valence-corrected chi connectivity index (χ2v) is 15.5. The van der Waals surface area contributed by atoms with E-state index in [-0.39, 0.29) is 5.56 Å². The summed E-state index contributed by atoms with van der Waals surface area (Å²) in [5.74, 6) is -11.3. The van der Waals surface area contributed by atoms with Crippen molar-refractivity contribution in [3.63, 3.8) is 0 Å². The Labute approximate surface area is 328 Å². The summed E-state index contributed by atoms with van der Waals surface area (Å²) >= 11 is 0. The first-order valence-electron chi connectivity index (χ1n) is 18.3. The van der Waals surface area contributed by atoms with Crippen LogP contribution in [0.3, 0.4) is 0 Å². The van der Waals surface area contributed by atoms with Crippen LogP contribution in [0, 0.1) is 17.3 Å². The van der Waals surface area contributed by atoms with Crippen LogP contribution in [0.1, 0.15) is 91.1 Å². The summed E-state index contributed by atoms with van der Waals surface area (Å²) in [4.78, 5) is 107. The van der Waals surface area contributed by atoms with Gasteiger partial charge in [0, 0.05) is 41.5 Å². The summed E-state index contributed by atoms with van der Waals surface area (Å²) in [5, 5.41) is 13.4. The highest BCUT2D eigenvalue weighted by Crippen LogP contribution is 2.70. The van der Waals surface area contributed by atoms with E-state index >= 15 is 0 Å². The lowest BCUT2D eigenvalue weighted by atomic mass is 9.45. The number of hydrogen-bond acceptors (Lipinski definition) is 18. The SMILES string of the molecule is CC(=O)OC[C@]12[C@H](OC(C)=O)[C@H](OC(C)=O)C3[C@@H](OC(C)=O)C14O[C@@]3(C)COC(=O)c1ccccc1C(C)C(C)C(=O)OC([C@H](OC(C)=O)[C@@H]2OC(C)=O)[C@]4(C)O. The molecule has 2 aliphatic heterocycles. The van der Waals surface area contributed by atoms with E-state index in [4.69, 9.17) is 42.6 Å². The number of cyclic esters (lactones) is 1. The van der Waals surface area contributed by atoms with Crippen LogP contribution in [0.2, 0.25) is 0 Å². The summed E-state index contributed by atoms with van der Waals surface area (Å²) < 4.78 is 54.4. The number of hydrogen-bond donors (Lipinski definition) is 1. The smallest absolute Gasteiger partial charge is 0.338 e. The van der Waals surface area contributed by atoms with Crippen LogP contribution in [0.5, 0.6) is 0 Å². The summed E-state index contributed by atoms with van der Waals surface area (Å²) in [6.07, 6.45) is -11.8. The van der Waals surface area contributed by atoms with Gasteiger partial charge in [0.15, 0.2) is 30.0 Å². The van der Waals surface area contributed by atoms with Crippen LogP contribution in [-0.4, -0.2) is 120 Å². The molecule has 5 rings (SSSR count).